The largest absolute Gasteiger partial charge is 0.339 e. The first-order valence-corrected chi connectivity index (χ1v) is 8.66. The van der Waals surface area contributed by atoms with Crippen molar-refractivity contribution in [1.82, 2.24) is 19.7 Å². The van der Waals surface area contributed by atoms with Gasteiger partial charge in [-0.2, -0.15) is 5.10 Å². The average Bonchev–Trinajstić information content (AvgIpc) is 3.28. The predicted octanol–water partition coefficient (Wildman–Crippen LogP) is 1.42. The van der Waals surface area contributed by atoms with Gasteiger partial charge in [-0.1, -0.05) is 18.2 Å². The number of aromatic nitrogens is 3. The molecule has 1 unspecified atom stereocenters. The van der Waals surface area contributed by atoms with E-state index < -0.39 is 6.04 Å². The highest BCUT2D eigenvalue weighted by molar-refractivity contribution is 6.02. The molecule has 7 heteroatoms. The molecular weight excluding hydrogens is 318 g/mol. The molecule has 0 radical (unpaired) electrons. The minimum absolute atomic E-state index is 0.0243. The van der Waals surface area contributed by atoms with Gasteiger partial charge in [0.15, 0.2) is 0 Å². The van der Waals surface area contributed by atoms with E-state index in [1.165, 1.54) is 13.3 Å². The number of anilines is 1. The van der Waals surface area contributed by atoms with Gasteiger partial charge in [0, 0.05) is 32.1 Å². The molecule has 2 atom stereocenters. The van der Waals surface area contributed by atoms with Crippen LogP contribution in [-0.4, -0.2) is 50.6 Å². The van der Waals surface area contributed by atoms with Crippen molar-refractivity contribution >= 4 is 17.5 Å². The Morgan fingerprint density at radius 3 is 2.84 bits per heavy atom. The Kier molecular flexibility index (Phi) is 3.99. The second-order valence-electron chi connectivity index (χ2n) is 6.69. The Balaban J connectivity index is 1.55. The molecule has 0 spiro atoms. The number of para-hydroxylation sites is 1. The van der Waals surface area contributed by atoms with Crippen LogP contribution >= 0.6 is 0 Å². The van der Waals surface area contributed by atoms with E-state index in [1.807, 2.05) is 33.8 Å². The summed E-state index contributed by atoms with van der Waals surface area (Å²) in [5, 5.41) is 4.21. The second-order valence-corrected chi connectivity index (χ2v) is 6.69. The minimum atomic E-state index is -0.440. The number of amides is 2. The summed E-state index contributed by atoms with van der Waals surface area (Å²) in [4.78, 5) is 32.9. The zero-order chi connectivity index (χ0) is 17.4. The summed E-state index contributed by atoms with van der Waals surface area (Å²) >= 11 is 0. The summed E-state index contributed by atoms with van der Waals surface area (Å²) in [7, 11) is 0. The van der Waals surface area contributed by atoms with Gasteiger partial charge in [-0.15, -0.1) is 0 Å². The van der Waals surface area contributed by atoms with Crippen molar-refractivity contribution in [2.24, 2.45) is 0 Å². The molecule has 2 aliphatic heterocycles. The lowest BCUT2D eigenvalue weighted by Gasteiger charge is -2.36. The van der Waals surface area contributed by atoms with Crippen LogP contribution < -0.4 is 4.90 Å². The van der Waals surface area contributed by atoms with E-state index in [0.717, 1.165) is 30.6 Å². The molecule has 2 amide bonds. The third-order valence-corrected chi connectivity index (χ3v) is 5.12. The number of hydrogen-bond acceptors (Lipinski definition) is 4. The Bertz CT molecular complexity index is 789. The molecule has 1 saturated heterocycles. The maximum absolute atomic E-state index is 13.2. The Morgan fingerprint density at radius 2 is 2.08 bits per heavy atom. The molecule has 1 aromatic heterocycles. The van der Waals surface area contributed by atoms with E-state index in [-0.39, 0.29) is 17.9 Å². The van der Waals surface area contributed by atoms with Gasteiger partial charge in [-0.3, -0.25) is 14.5 Å². The normalized spacial score (nSPS) is 22.8. The summed E-state index contributed by atoms with van der Waals surface area (Å²) in [6.07, 6.45) is 5.71. The maximum atomic E-state index is 13.2. The van der Waals surface area contributed by atoms with Gasteiger partial charge < -0.3 is 4.90 Å². The molecule has 1 fully saturated rings. The molecule has 0 saturated carbocycles. The highest BCUT2D eigenvalue weighted by Crippen LogP contribution is 2.33. The van der Waals surface area contributed by atoms with Crippen molar-refractivity contribution in [2.75, 3.05) is 18.0 Å². The van der Waals surface area contributed by atoms with Crippen LogP contribution in [0.5, 0.6) is 0 Å². The lowest BCUT2D eigenvalue weighted by molar-refractivity contribution is -0.135. The minimum Gasteiger partial charge on any atom is -0.339 e. The topological polar surface area (TPSA) is 71.3 Å². The molecule has 4 rings (SSSR count). The summed E-state index contributed by atoms with van der Waals surface area (Å²) in [6, 6.07) is 7.47. The highest BCUT2D eigenvalue weighted by Gasteiger charge is 2.40. The number of piperidine rings is 1. The summed E-state index contributed by atoms with van der Waals surface area (Å²) in [5.41, 5.74) is 1.92. The van der Waals surface area contributed by atoms with Crippen LogP contribution in [0.3, 0.4) is 0 Å². The van der Waals surface area contributed by atoms with Crippen molar-refractivity contribution < 1.29 is 9.59 Å². The lowest BCUT2D eigenvalue weighted by Crippen LogP contribution is -2.52. The smallest absolute Gasteiger partial charge is 0.246 e. The zero-order valence-corrected chi connectivity index (χ0v) is 14.2. The van der Waals surface area contributed by atoms with Crippen LogP contribution in [0.15, 0.2) is 36.9 Å². The highest BCUT2D eigenvalue weighted by atomic mass is 16.2. The number of benzene rings is 1. The summed E-state index contributed by atoms with van der Waals surface area (Å²) < 4.78 is 1.82. The first kappa shape index (κ1) is 15.8. The Morgan fingerprint density at radius 1 is 1.24 bits per heavy atom. The molecule has 2 aromatic rings. The van der Waals surface area contributed by atoms with Gasteiger partial charge in [0.25, 0.3) is 0 Å². The van der Waals surface area contributed by atoms with E-state index in [4.69, 9.17) is 0 Å². The van der Waals surface area contributed by atoms with E-state index in [2.05, 4.69) is 10.1 Å². The van der Waals surface area contributed by atoms with Crippen LogP contribution in [0.25, 0.3) is 0 Å². The first-order valence-electron chi connectivity index (χ1n) is 8.66. The number of rotatable bonds is 2. The molecule has 7 nitrogen and oxygen atoms in total. The number of hydrogen-bond donors (Lipinski definition) is 0. The van der Waals surface area contributed by atoms with Crippen molar-refractivity contribution in [3.63, 3.8) is 0 Å². The van der Waals surface area contributed by atoms with Crippen LogP contribution in [0.1, 0.15) is 31.4 Å². The Hall–Kier alpha value is -2.70. The molecule has 130 valence electrons. The lowest BCUT2D eigenvalue weighted by atomic mass is 10.0. The first-order chi connectivity index (χ1) is 12.1. The van der Waals surface area contributed by atoms with Crippen molar-refractivity contribution in [3.05, 3.63) is 42.5 Å². The fraction of sp³-hybridized carbons (Fsp3) is 0.444. The fourth-order valence-electron chi connectivity index (χ4n) is 3.96. The fourth-order valence-corrected chi connectivity index (χ4v) is 3.96. The van der Waals surface area contributed by atoms with E-state index in [0.29, 0.717) is 13.0 Å². The number of carbonyl (C=O) groups is 2. The Labute approximate surface area is 146 Å². The molecule has 3 heterocycles. The van der Waals surface area contributed by atoms with Crippen LogP contribution in [0.4, 0.5) is 5.69 Å². The van der Waals surface area contributed by atoms with Crippen molar-refractivity contribution in [1.29, 1.82) is 0 Å². The van der Waals surface area contributed by atoms with E-state index in [1.54, 1.807) is 11.2 Å². The van der Waals surface area contributed by atoms with Gasteiger partial charge in [0.1, 0.15) is 18.7 Å². The molecule has 25 heavy (non-hydrogen) atoms. The summed E-state index contributed by atoms with van der Waals surface area (Å²) in [6.45, 7) is 2.86. The number of fused-ring (bicyclic) bond motifs is 1. The quantitative estimate of drug-likeness (QED) is 0.830. The standard InChI is InChI=1S/C18H21N5O2/c1-13(24)23-16-7-3-2-5-14(16)9-17(23)18(25)21-8-4-6-15(10-21)22-12-19-11-20-22/h2-3,5,7,11-12,15,17H,4,6,8-10H2,1H3/t15?,17-/m0/s1. The van der Waals surface area contributed by atoms with Crippen molar-refractivity contribution in [3.8, 4) is 0 Å². The summed E-state index contributed by atoms with van der Waals surface area (Å²) in [5.74, 6) is -0.0654. The monoisotopic (exact) mass is 339 g/mol. The van der Waals surface area contributed by atoms with Crippen LogP contribution in [0, 0.1) is 0 Å². The number of likely N-dealkylation sites (tertiary alicyclic amines) is 1. The number of carbonyl (C=O) groups excluding carboxylic acids is 2. The van der Waals surface area contributed by atoms with Gasteiger partial charge in [0.05, 0.1) is 6.04 Å². The van der Waals surface area contributed by atoms with Crippen LogP contribution in [0.2, 0.25) is 0 Å². The van der Waals surface area contributed by atoms with Crippen molar-refractivity contribution in [2.45, 2.75) is 38.3 Å². The van der Waals surface area contributed by atoms with Crippen LogP contribution in [-0.2, 0) is 16.0 Å². The third kappa shape index (κ3) is 2.79. The molecular formula is C18H21N5O2. The molecule has 0 aliphatic carbocycles. The van der Waals surface area contributed by atoms with Gasteiger partial charge in [0.2, 0.25) is 11.8 Å². The van der Waals surface area contributed by atoms with Gasteiger partial charge >= 0.3 is 0 Å². The predicted molar refractivity (Wildman–Crippen MR) is 92.0 cm³/mol. The molecule has 0 N–H and O–H groups in total. The average molecular weight is 339 g/mol. The maximum Gasteiger partial charge on any atom is 0.246 e. The molecule has 2 aliphatic rings. The number of nitrogens with zero attached hydrogens (tertiary/aromatic N) is 5. The van der Waals surface area contributed by atoms with Gasteiger partial charge in [-0.05, 0) is 24.5 Å². The second kappa shape index (κ2) is 6.31. The zero-order valence-electron chi connectivity index (χ0n) is 14.2. The van der Waals surface area contributed by atoms with E-state index >= 15 is 0 Å². The van der Waals surface area contributed by atoms with E-state index in [9.17, 15) is 9.59 Å². The SMILES string of the molecule is CC(=O)N1c2ccccc2C[C@H]1C(=O)N1CCCC(n2cncn2)C1. The molecule has 0 bridgehead atoms. The molecule has 1 aromatic carbocycles. The van der Waals surface area contributed by atoms with Gasteiger partial charge in [-0.25, -0.2) is 9.67 Å². The third-order valence-electron chi connectivity index (χ3n) is 5.12.